The van der Waals surface area contributed by atoms with E-state index in [9.17, 15) is 0 Å². The molecule has 0 saturated heterocycles. The van der Waals surface area contributed by atoms with Crippen LogP contribution in [0.25, 0.3) is 10.9 Å². The summed E-state index contributed by atoms with van der Waals surface area (Å²) in [4.78, 5) is 4.18. The summed E-state index contributed by atoms with van der Waals surface area (Å²) in [5, 5.41) is 12.4. The molecule has 0 atom stereocenters. The van der Waals surface area contributed by atoms with Gasteiger partial charge < -0.3 is 5.21 Å². The Hall–Kier alpha value is -1.61. The Kier molecular flexibility index (Phi) is 3.42. The number of oxime groups is 1. The van der Waals surface area contributed by atoms with Crippen molar-refractivity contribution in [1.82, 2.24) is 4.98 Å². The molecule has 0 aliphatic heterocycles. The second kappa shape index (κ2) is 4.58. The van der Waals surface area contributed by atoms with E-state index < -0.39 is 0 Å². The molecule has 0 saturated carbocycles. The number of benzene rings is 1. The number of halogens is 1. The van der Waals surface area contributed by atoms with Gasteiger partial charge in [-0.25, -0.2) is 0 Å². The molecule has 0 bridgehead atoms. The minimum Gasteiger partial charge on any atom is -0.411 e. The van der Waals surface area contributed by atoms with E-state index in [0.717, 1.165) is 16.5 Å². The molecular formula is C10H9ClN2O. The lowest BCUT2D eigenvalue weighted by molar-refractivity contribution is 0.322. The van der Waals surface area contributed by atoms with Crippen LogP contribution in [0.5, 0.6) is 0 Å². The van der Waals surface area contributed by atoms with Crippen molar-refractivity contribution in [2.45, 2.75) is 0 Å². The smallest absolute Gasteiger partial charge is 0.0741 e. The summed E-state index contributed by atoms with van der Waals surface area (Å²) in [6, 6.07) is 9.53. The molecule has 72 valence electrons. The number of hydrogen-bond acceptors (Lipinski definition) is 3. The van der Waals surface area contributed by atoms with Crippen LogP contribution in [0.4, 0.5) is 0 Å². The SMILES string of the molecule is Cl.ON=Cc1ccnc2ccccc12. The highest BCUT2D eigenvalue weighted by Gasteiger charge is 1.97. The van der Waals surface area contributed by atoms with Crippen molar-refractivity contribution in [3.05, 3.63) is 42.1 Å². The molecule has 1 aromatic heterocycles. The van der Waals surface area contributed by atoms with Crippen LogP contribution in [0, 0.1) is 0 Å². The summed E-state index contributed by atoms with van der Waals surface area (Å²) in [6.07, 6.45) is 3.10. The normalized spacial score (nSPS) is 10.3. The number of aromatic nitrogens is 1. The van der Waals surface area contributed by atoms with E-state index in [1.165, 1.54) is 6.21 Å². The first kappa shape index (κ1) is 10.5. The molecule has 0 spiro atoms. The summed E-state index contributed by atoms with van der Waals surface area (Å²) >= 11 is 0. The summed E-state index contributed by atoms with van der Waals surface area (Å²) in [6.45, 7) is 0. The first-order chi connectivity index (χ1) is 6.42. The van der Waals surface area contributed by atoms with Crippen molar-refractivity contribution < 1.29 is 5.21 Å². The maximum Gasteiger partial charge on any atom is 0.0741 e. The van der Waals surface area contributed by atoms with Crippen LogP contribution in [0.15, 0.2) is 41.7 Å². The zero-order valence-electron chi connectivity index (χ0n) is 7.29. The van der Waals surface area contributed by atoms with E-state index in [-0.39, 0.29) is 12.4 Å². The molecule has 14 heavy (non-hydrogen) atoms. The van der Waals surface area contributed by atoms with Crippen molar-refractivity contribution in [2.75, 3.05) is 0 Å². The topological polar surface area (TPSA) is 45.5 Å². The molecule has 4 heteroatoms. The molecule has 0 fully saturated rings. The zero-order valence-corrected chi connectivity index (χ0v) is 8.11. The predicted octanol–water partition coefficient (Wildman–Crippen LogP) is 2.46. The zero-order chi connectivity index (χ0) is 9.10. The standard InChI is InChI=1S/C10H8N2O.ClH/c13-12-7-8-5-6-11-10-4-2-1-3-9(8)10;/h1-7,13H;1H. The van der Waals surface area contributed by atoms with E-state index in [0.29, 0.717) is 0 Å². The second-order valence-electron chi connectivity index (χ2n) is 2.66. The van der Waals surface area contributed by atoms with Crippen LogP contribution >= 0.6 is 12.4 Å². The van der Waals surface area contributed by atoms with Gasteiger partial charge in [0.05, 0.1) is 11.7 Å². The molecule has 1 aromatic carbocycles. The maximum atomic E-state index is 8.43. The monoisotopic (exact) mass is 208 g/mol. The van der Waals surface area contributed by atoms with Crippen molar-refractivity contribution in [1.29, 1.82) is 0 Å². The van der Waals surface area contributed by atoms with Crippen LogP contribution in [-0.4, -0.2) is 16.4 Å². The Labute approximate surface area is 87.5 Å². The van der Waals surface area contributed by atoms with Gasteiger partial charge in [0.1, 0.15) is 0 Å². The lowest BCUT2D eigenvalue weighted by Gasteiger charge is -1.98. The van der Waals surface area contributed by atoms with E-state index in [1.54, 1.807) is 6.20 Å². The first-order valence-electron chi connectivity index (χ1n) is 3.93. The number of nitrogens with zero attached hydrogens (tertiary/aromatic N) is 2. The number of fused-ring (bicyclic) bond motifs is 1. The molecule has 1 N–H and O–H groups in total. The summed E-state index contributed by atoms with van der Waals surface area (Å²) in [5.41, 5.74) is 1.77. The summed E-state index contributed by atoms with van der Waals surface area (Å²) < 4.78 is 0. The summed E-state index contributed by atoms with van der Waals surface area (Å²) in [7, 11) is 0. The Morgan fingerprint density at radius 2 is 2.00 bits per heavy atom. The third kappa shape index (κ3) is 1.83. The van der Waals surface area contributed by atoms with Crippen LogP contribution in [-0.2, 0) is 0 Å². The minimum absolute atomic E-state index is 0. The van der Waals surface area contributed by atoms with Crippen molar-refractivity contribution in [3.63, 3.8) is 0 Å². The highest BCUT2D eigenvalue weighted by molar-refractivity contribution is 5.97. The average molecular weight is 209 g/mol. The van der Waals surface area contributed by atoms with Gasteiger partial charge in [-0.05, 0) is 12.1 Å². The fourth-order valence-corrected chi connectivity index (χ4v) is 1.29. The van der Waals surface area contributed by atoms with Gasteiger partial charge in [-0.1, -0.05) is 23.4 Å². The van der Waals surface area contributed by atoms with Crippen LogP contribution < -0.4 is 0 Å². The number of para-hydroxylation sites is 1. The van der Waals surface area contributed by atoms with E-state index in [1.807, 2.05) is 30.3 Å². The van der Waals surface area contributed by atoms with Crippen LogP contribution in [0.3, 0.4) is 0 Å². The molecule has 0 radical (unpaired) electrons. The van der Waals surface area contributed by atoms with Gasteiger partial charge in [0.25, 0.3) is 0 Å². The Bertz CT molecular complexity index is 451. The van der Waals surface area contributed by atoms with Gasteiger partial charge in [-0.3, -0.25) is 4.98 Å². The number of pyridine rings is 1. The first-order valence-corrected chi connectivity index (χ1v) is 3.93. The molecular weight excluding hydrogens is 200 g/mol. The average Bonchev–Trinajstić information content (AvgIpc) is 2.19. The molecule has 2 aromatic rings. The third-order valence-corrected chi connectivity index (χ3v) is 1.88. The molecule has 0 unspecified atom stereocenters. The Balaban J connectivity index is 0.000000980. The summed E-state index contributed by atoms with van der Waals surface area (Å²) in [5.74, 6) is 0. The highest BCUT2D eigenvalue weighted by Crippen LogP contribution is 2.13. The van der Waals surface area contributed by atoms with Gasteiger partial charge in [-0.2, -0.15) is 0 Å². The van der Waals surface area contributed by atoms with E-state index in [2.05, 4.69) is 10.1 Å². The van der Waals surface area contributed by atoms with Gasteiger partial charge in [0, 0.05) is 17.1 Å². The highest BCUT2D eigenvalue weighted by atomic mass is 35.5. The fourth-order valence-electron chi connectivity index (χ4n) is 1.29. The minimum atomic E-state index is 0. The lowest BCUT2D eigenvalue weighted by Crippen LogP contribution is -1.86. The van der Waals surface area contributed by atoms with Crippen LogP contribution in [0.2, 0.25) is 0 Å². The Morgan fingerprint density at radius 1 is 1.21 bits per heavy atom. The van der Waals surface area contributed by atoms with Gasteiger partial charge >= 0.3 is 0 Å². The van der Waals surface area contributed by atoms with Crippen molar-refractivity contribution >= 4 is 29.5 Å². The number of hydrogen-bond donors (Lipinski definition) is 1. The van der Waals surface area contributed by atoms with Gasteiger partial charge in [-0.15, -0.1) is 12.4 Å². The van der Waals surface area contributed by atoms with E-state index in [4.69, 9.17) is 5.21 Å². The fraction of sp³-hybridized carbons (Fsp3) is 0. The second-order valence-corrected chi connectivity index (χ2v) is 2.66. The molecule has 0 aliphatic carbocycles. The van der Waals surface area contributed by atoms with Crippen molar-refractivity contribution in [2.24, 2.45) is 5.16 Å². The molecule has 3 nitrogen and oxygen atoms in total. The predicted molar refractivity (Wildman–Crippen MR) is 58.4 cm³/mol. The lowest BCUT2D eigenvalue weighted by atomic mass is 10.1. The quantitative estimate of drug-likeness (QED) is 0.445. The van der Waals surface area contributed by atoms with Crippen LogP contribution in [0.1, 0.15) is 5.56 Å². The van der Waals surface area contributed by atoms with Gasteiger partial charge in [0.15, 0.2) is 0 Å². The van der Waals surface area contributed by atoms with Crippen molar-refractivity contribution in [3.8, 4) is 0 Å². The van der Waals surface area contributed by atoms with E-state index >= 15 is 0 Å². The third-order valence-electron chi connectivity index (χ3n) is 1.88. The maximum absolute atomic E-state index is 8.43. The Morgan fingerprint density at radius 3 is 2.79 bits per heavy atom. The molecule has 2 rings (SSSR count). The molecule has 1 heterocycles. The largest absolute Gasteiger partial charge is 0.411 e. The molecule has 0 amide bonds. The molecule has 0 aliphatic rings. The number of rotatable bonds is 1. The van der Waals surface area contributed by atoms with Gasteiger partial charge in [0.2, 0.25) is 0 Å².